The minimum absolute atomic E-state index is 0.0891. The maximum atomic E-state index is 5.94. The van der Waals surface area contributed by atoms with Gasteiger partial charge in [-0.15, -0.1) is 11.3 Å². The van der Waals surface area contributed by atoms with Crippen molar-refractivity contribution in [1.82, 2.24) is 9.97 Å². The average Bonchev–Trinajstić information content (AvgIpc) is 2.73. The number of nitrogens with zero attached hydrogens (tertiary/aromatic N) is 2. The van der Waals surface area contributed by atoms with E-state index in [1.54, 1.807) is 11.3 Å². The van der Waals surface area contributed by atoms with Gasteiger partial charge >= 0.3 is 0 Å². The van der Waals surface area contributed by atoms with Gasteiger partial charge in [-0.1, -0.05) is 13.8 Å². The maximum absolute atomic E-state index is 5.94. The molecule has 5 heteroatoms. The predicted octanol–water partition coefficient (Wildman–Crippen LogP) is 3.01. The molecule has 17 heavy (non-hydrogen) atoms. The van der Waals surface area contributed by atoms with E-state index in [2.05, 4.69) is 23.8 Å². The van der Waals surface area contributed by atoms with Crippen LogP contribution in [0, 0.1) is 5.92 Å². The van der Waals surface area contributed by atoms with Gasteiger partial charge in [-0.3, -0.25) is 0 Å². The van der Waals surface area contributed by atoms with Crippen molar-refractivity contribution in [3.05, 3.63) is 17.3 Å². The van der Waals surface area contributed by atoms with E-state index in [0.29, 0.717) is 24.2 Å². The number of hydrogen-bond acceptors (Lipinski definition) is 5. The van der Waals surface area contributed by atoms with E-state index in [9.17, 15) is 0 Å². The van der Waals surface area contributed by atoms with Gasteiger partial charge in [0.2, 0.25) is 0 Å². The van der Waals surface area contributed by atoms with E-state index in [1.807, 2.05) is 18.4 Å². The number of rotatable bonds is 4. The highest BCUT2D eigenvalue weighted by Gasteiger charge is 2.20. The Morgan fingerprint density at radius 3 is 2.82 bits per heavy atom. The summed E-state index contributed by atoms with van der Waals surface area (Å²) in [5.74, 6) is 1.55. The van der Waals surface area contributed by atoms with Crippen LogP contribution in [-0.4, -0.2) is 16.6 Å². The molecule has 0 aliphatic rings. The molecule has 0 aromatic carbocycles. The third-order valence-corrected chi connectivity index (χ3v) is 3.38. The molecule has 2 aromatic rings. The molecule has 0 aliphatic carbocycles. The van der Waals surface area contributed by atoms with Gasteiger partial charge in [-0.25, -0.2) is 9.97 Å². The van der Waals surface area contributed by atoms with Crippen molar-refractivity contribution in [3.63, 3.8) is 0 Å². The summed E-state index contributed by atoms with van der Waals surface area (Å²) in [6, 6.07) is 1.95. The second-order valence-corrected chi connectivity index (χ2v) is 5.12. The fourth-order valence-electron chi connectivity index (χ4n) is 1.77. The zero-order valence-corrected chi connectivity index (χ0v) is 11.1. The van der Waals surface area contributed by atoms with E-state index < -0.39 is 0 Å². The molecule has 1 unspecified atom stereocenters. The molecule has 2 N–H and O–H groups in total. The number of nitrogen functional groups attached to an aromatic ring is 1. The zero-order valence-electron chi connectivity index (χ0n) is 10.3. The quantitative estimate of drug-likeness (QED) is 0.907. The van der Waals surface area contributed by atoms with Crippen molar-refractivity contribution in [2.24, 2.45) is 5.92 Å². The highest BCUT2D eigenvalue weighted by Crippen LogP contribution is 2.28. The Bertz CT molecular complexity index is 509. The summed E-state index contributed by atoms with van der Waals surface area (Å²) in [6.07, 6.45) is -0.0891. The predicted molar refractivity (Wildman–Crippen MR) is 71.0 cm³/mol. The lowest BCUT2D eigenvalue weighted by atomic mass is 10.1. The molecule has 2 rings (SSSR count). The second kappa shape index (κ2) is 4.98. The molecule has 0 amide bonds. The molecule has 0 fully saturated rings. The fraction of sp³-hybridized carbons (Fsp3) is 0.500. The van der Waals surface area contributed by atoms with Gasteiger partial charge in [0.05, 0.1) is 5.39 Å². The average molecular weight is 251 g/mol. The fourth-order valence-corrected chi connectivity index (χ4v) is 2.55. The zero-order chi connectivity index (χ0) is 12.4. The molecule has 4 nitrogen and oxygen atoms in total. The molecule has 92 valence electrons. The summed E-state index contributed by atoms with van der Waals surface area (Å²) in [4.78, 5) is 9.83. The first-order chi connectivity index (χ1) is 8.13. The van der Waals surface area contributed by atoms with Crippen molar-refractivity contribution < 1.29 is 4.74 Å². The number of ether oxygens (including phenoxy) is 1. The van der Waals surface area contributed by atoms with E-state index >= 15 is 0 Å². The first-order valence-corrected chi connectivity index (χ1v) is 6.63. The van der Waals surface area contributed by atoms with Gasteiger partial charge in [0, 0.05) is 6.61 Å². The van der Waals surface area contributed by atoms with Crippen LogP contribution in [0.25, 0.3) is 10.2 Å². The van der Waals surface area contributed by atoms with Crippen LogP contribution in [0.5, 0.6) is 0 Å². The van der Waals surface area contributed by atoms with Crippen LogP contribution >= 0.6 is 11.3 Å². The Kier molecular flexibility index (Phi) is 3.59. The third kappa shape index (κ3) is 2.40. The standard InChI is InChI=1S/C12H17N3OS/c1-4-16-9(7(2)3)11-14-10(13)8-5-6-17-12(8)15-11/h5-7,9H,4H2,1-3H3,(H2,13,14,15). The van der Waals surface area contributed by atoms with Crippen molar-refractivity contribution in [2.45, 2.75) is 26.9 Å². The summed E-state index contributed by atoms with van der Waals surface area (Å²) >= 11 is 1.58. The van der Waals surface area contributed by atoms with E-state index in [-0.39, 0.29) is 6.10 Å². The normalized spacial score (nSPS) is 13.4. The Hall–Kier alpha value is -1.20. The number of hydrogen-bond donors (Lipinski definition) is 1. The first kappa shape index (κ1) is 12.3. The minimum Gasteiger partial charge on any atom is -0.383 e. The van der Waals surface area contributed by atoms with Crippen molar-refractivity contribution in [3.8, 4) is 0 Å². The van der Waals surface area contributed by atoms with Gasteiger partial charge in [0.25, 0.3) is 0 Å². The lowest BCUT2D eigenvalue weighted by molar-refractivity contribution is 0.0236. The second-order valence-electron chi connectivity index (χ2n) is 4.23. The number of fused-ring (bicyclic) bond motifs is 1. The Labute approximate surface area is 105 Å². The molecule has 0 bridgehead atoms. The highest BCUT2D eigenvalue weighted by atomic mass is 32.1. The smallest absolute Gasteiger partial charge is 0.161 e. The van der Waals surface area contributed by atoms with Crippen LogP contribution in [0.4, 0.5) is 5.82 Å². The van der Waals surface area contributed by atoms with Crippen molar-refractivity contribution in [2.75, 3.05) is 12.3 Å². The van der Waals surface area contributed by atoms with Crippen LogP contribution in [0.2, 0.25) is 0 Å². The molecule has 2 heterocycles. The number of thiophene rings is 1. The summed E-state index contributed by atoms with van der Waals surface area (Å²) in [6.45, 7) is 6.81. The summed E-state index contributed by atoms with van der Waals surface area (Å²) in [5.41, 5.74) is 5.94. The number of nitrogens with two attached hydrogens (primary N) is 1. The molecule has 0 spiro atoms. The maximum Gasteiger partial charge on any atom is 0.161 e. The van der Waals surface area contributed by atoms with E-state index in [4.69, 9.17) is 10.5 Å². The Morgan fingerprint density at radius 1 is 1.41 bits per heavy atom. The minimum atomic E-state index is -0.0891. The summed E-state index contributed by atoms with van der Waals surface area (Å²) in [5, 5.41) is 2.91. The van der Waals surface area contributed by atoms with Crippen LogP contribution in [0.15, 0.2) is 11.4 Å². The van der Waals surface area contributed by atoms with Crippen LogP contribution < -0.4 is 5.73 Å². The van der Waals surface area contributed by atoms with Gasteiger partial charge in [-0.05, 0) is 24.3 Å². The molecule has 0 saturated carbocycles. The lowest BCUT2D eigenvalue weighted by Crippen LogP contribution is -2.15. The molecule has 2 aromatic heterocycles. The number of anilines is 1. The number of aromatic nitrogens is 2. The largest absolute Gasteiger partial charge is 0.383 e. The lowest BCUT2D eigenvalue weighted by Gasteiger charge is -2.19. The van der Waals surface area contributed by atoms with Gasteiger partial charge in [-0.2, -0.15) is 0 Å². The molecule has 0 aliphatic heterocycles. The third-order valence-electron chi connectivity index (χ3n) is 2.58. The van der Waals surface area contributed by atoms with Gasteiger partial charge < -0.3 is 10.5 Å². The summed E-state index contributed by atoms with van der Waals surface area (Å²) in [7, 11) is 0. The Morgan fingerprint density at radius 2 is 2.18 bits per heavy atom. The van der Waals surface area contributed by atoms with Gasteiger partial charge in [0.1, 0.15) is 16.8 Å². The van der Waals surface area contributed by atoms with Crippen LogP contribution in [-0.2, 0) is 4.74 Å². The SMILES string of the molecule is CCOC(c1nc(N)c2ccsc2n1)C(C)C. The molecule has 1 atom stereocenters. The van der Waals surface area contributed by atoms with Crippen molar-refractivity contribution >= 4 is 27.4 Å². The molecule has 0 radical (unpaired) electrons. The van der Waals surface area contributed by atoms with Crippen LogP contribution in [0.1, 0.15) is 32.7 Å². The molecular weight excluding hydrogens is 234 g/mol. The van der Waals surface area contributed by atoms with E-state index in [1.165, 1.54) is 0 Å². The van der Waals surface area contributed by atoms with Crippen molar-refractivity contribution in [1.29, 1.82) is 0 Å². The molecule has 0 saturated heterocycles. The topological polar surface area (TPSA) is 61.0 Å². The van der Waals surface area contributed by atoms with Crippen LogP contribution in [0.3, 0.4) is 0 Å². The van der Waals surface area contributed by atoms with E-state index in [0.717, 1.165) is 10.2 Å². The monoisotopic (exact) mass is 251 g/mol. The molecular formula is C12H17N3OS. The summed E-state index contributed by atoms with van der Waals surface area (Å²) < 4.78 is 5.69. The highest BCUT2D eigenvalue weighted by molar-refractivity contribution is 7.16. The Balaban J connectivity index is 2.45. The first-order valence-electron chi connectivity index (χ1n) is 5.75. The van der Waals surface area contributed by atoms with Gasteiger partial charge in [0.15, 0.2) is 5.82 Å².